The standard InChI is InChI=1S/C37H40N4O5S.ClH/c1-5-41-31-13-12-29(24-33(31)38(4)35(43)37(2,3)36(41)44)46-21-19-39(32(27-15-22-47-25-27)23-28-10-8-20-45-28)17-18-40-16-14-26-9-6-7-11-30(26)34(40)42;/h6-16,20,22,24-25,32H,5,17-19,21,23H2,1-4H3;1H. The van der Waals surface area contributed by atoms with Crippen molar-refractivity contribution in [3.63, 3.8) is 0 Å². The number of thiophene rings is 1. The number of ether oxygens (including phenoxy) is 1. The van der Waals surface area contributed by atoms with Crippen molar-refractivity contribution >= 4 is 57.7 Å². The number of nitrogens with zero attached hydrogens (tertiary/aromatic N) is 4. The average molecular weight is 689 g/mol. The van der Waals surface area contributed by atoms with Crippen LogP contribution in [0.15, 0.2) is 99.2 Å². The zero-order valence-electron chi connectivity index (χ0n) is 27.6. The number of furan rings is 1. The Kier molecular flexibility index (Phi) is 10.8. The number of carbonyl (C=O) groups excluding carboxylic acids is 2. The zero-order chi connectivity index (χ0) is 33.1. The first-order valence-electron chi connectivity index (χ1n) is 15.9. The largest absolute Gasteiger partial charge is 0.492 e. The van der Waals surface area contributed by atoms with Gasteiger partial charge in [-0.25, -0.2) is 0 Å². The predicted octanol–water partition coefficient (Wildman–Crippen LogP) is 6.80. The lowest BCUT2D eigenvalue weighted by molar-refractivity contribution is -0.137. The van der Waals surface area contributed by atoms with E-state index in [1.807, 2.05) is 73.8 Å². The molecule has 11 heteroatoms. The van der Waals surface area contributed by atoms with Crippen LogP contribution in [0.5, 0.6) is 5.75 Å². The number of amides is 2. The molecule has 0 saturated heterocycles. The third-order valence-electron chi connectivity index (χ3n) is 9.04. The van der Waals surface area contributed by atoms with E-state index in [0.717, 1.165) is 11.1 Å². The van der Waals surface area contributed by atoms with Gasteiger partial charge in [0.15, 0.2) is 0 Å². The highest BCUT2D eigenvalue weighted by Gasteiger charge is 2.45. The molecule has 4 heterocycles. The number of halogens is 1. The maximum atomic E-state index is 13.3. The molecule has 1 unspecified atom stereocenters. The molecular weight excluding hydrogens is 648 g/mol. The third-order valence-corrected chi connectivity index (χ3v) is 9.74. The van der Waals surface area contributed by atoms with E-state index in [0.29, 0.717) is 61.7 Å². The van der Waals surface area contributed by atoms with Gasteiger partial charge in [-0.1, -0.05) is 18.2 Å². The van der Waals surface area contributed by atoms with Crippen LogP contribution < -0.4 is 20.1 Å². The lowest BCUT2D eigenvalue weighted by atomic mass is 9.90. The Morgan fingerprint density at radius 1 is 0.958 bits per heavy atom. The van der Waals surface area contributed by atoms with E-state index in [9.17, 15) is 14.4 Å². The van der Waals surface area contributed by atoms with Crippen LogP contribution >= 0.6 is 23.7 Å². The van der Waals surface area contributed by atoms with E-state index in [-0.39, 0.29) is 35.8 Å². The number of pyridine rings is 1. The Balaban J connectivity index is 0.00000451. The van der Waals surface area contributed by atoms with E-state index in [2.05, 4.69) is 21.7 Å². The third kappa shape index (κ3) is 6.92. The molecule has 0 bridgehead atoms. The molecule has 3 aromatic heterocycles. The van der Waals surface area contributed by atoms with Crippen LogP contribution in [-0.2, 0) is 22.6 Å². The number of hydrogen-bond donors (Lipinski definition) is 0. The molecule has 1 aliphatic rings. The van der Waals surface area contributed by atoms with E-state index in [1.54, 1.807) is 52.9 Å². The molecule has 2 amide bonds. The Morgan fingerprint density at radius 2 is 1.77 bits per heavy atom. The Bertz CT molecular complexity index is 1920. The second-order valence-corrected chi connectivity index (χ2v) is 13.1. The Hall–Kier alpha value is -4.38. The van der Waals surface area contributed by atoms with Crippen molar-refractivity contribution in [1.29, 1.82) is 0 Å². The van der Waals surface area contributed by atoms with Crippen LogP contribution in [0.3, 0.4) is 0 Å². The Morgan fingerprint density at radius 3 is 2.50 bits per heavy atom. The maximum absolute atomic E-state index is 13.3. The first kappa shape index (κ1) is 34.9. The first-order valence-corrected chi connectivity index (χ1v) is 16.9. The van der Waals surface area contributed by atoms with Gasteiger partial charge in [-0.05, 0) is 84.9 Å². The monoisotopic (exact) mass is 688 g/mol. The van der Waals surface area contributed by atoms with Crippen LogP contribution in [0, 0.1) is 5.41 Å². The number of rotatable bonds is 12. The van der Waals surface area contributed by atoms with E-state index >= 15 is 0 Å². The second kappa shape index (κ2) is 14.8. The molecule has 0 spiro atoms. The van der Waals surface area contributed by atoms with Crippen molar-refractivity contribution in [3.8, 4) is 5.75 Å². The fourth-order valence-electron chi connectivity index (χ4n) is 6.36. The molecule has 1 atom stereocenters. The van der Waals surface area contributed by atoms with Gasteiger partial charge in [0.25, 0.3) is 5.56 Å². The van der Waals surface area contributed by atoms with Crippen LogP contribution in [-0.4, -0.2) is 54.6 Å². The van der Waals surface area contributed by atoms with E-state index in [1.165, 1.54) is 5.56 Å². The van der Waals surface area contributed by atoms with Crippen LogP contribution in [0.2, 0.25) is 0 Å². The average Bonchev–Trinajstić information content (AvgIpc) is 3.80. The van der Waals surface area contributed by atoms with Crippen molar-refractivity contribution in [2.45, 2.75) is 39.8 Å². The van der Waals surface area contributed by atoms with E-state index < -0.39 is 5.41 Å². The number of anilines is 2. The molecule has 252 valence electrons. The Labute approximate surface area is 290 Å². The van der Waals surface area contributed by atoms with Crippen molar-refractivity contribution in [3.05, 3.63) is 112 Å². The molecule has 9 nitrogen and oxygen atoms in total. The van der Waals surface area contributed by atoms with Gasteiger partial charge in [-0.3, -0.25) is 19.3 Å². The van der Waals surface area contributed by atoms with Gasteiger partial charge in [0.1, 0.15) is 23.5 Å². The summed E-state index contributed by atoms with van der Waals surface area (Å²) in [7, 11) is 1.70. The number of hydrogen-bond acceptors (Lipinski definition) is 7. The van der Waals surface area contributed by atoms with Crippen LogP contribution in [0.4, 0.5) is 11.4 Å². The van der Waals surface area contributed by atoms with Gasteiger partial charge >= 0.3 is 0 Å². The minimum absolute atomic E-state index is 0. The predicted molar refractivity (Wildman–Crippen MR) is 194 cm³/mol. The fraction of sp³-hybridized carbons (Fsp3) is 0.324. The number of benzene rings is 2. The molecule has 0 radical (unpaired) electrons. The summed E-state index contributed by atoms with van der Waals surface area (Å²) in [4.78, 5) is 45.5. The summed E-state index contributed by atoms with van der Waals surface area (Å²) in [6.45, 7) is 7.75. The van der Waals surface area contributed by atoms with Crippen molar-refractivity contribution in [2.75, 3.05) is 43.1 Å². The molecule has 0 aliphatic carbocycles. The summed E-state index contributed by atoms with van der Waals surface area (Å²) in [5.41, 5.74) is 1.31. The summed E-state index contributed by atoms with van der Waals surface area (Å²) in [5.74, 6) is 1.01. The molecule has 6 rings (SSSR count). The minimum Gasteiger partial charge on any atom is -0.492 e. The summed E-state index contributed by atoms with van der Waals surface area (Å²) in [6.07, 6.45) is 4.22. The highest BCUT2D eigenvalue weighted by atomic mass is 35.5. The second-order valence-electron chi connectivity index (χ2n) is 12.3. The molecule has 2 aromatic carbocycles. The van der Waals surface area contributed by atoms with Crippen LogP contribution in [0.1, 0.15) is 38.1 Å². The van der Waals surface area contributed by atoms with Gasteiger partial charge < -0.3 is 23.5 Å². The smallest absolute Gasteiger partial charge is 0.258 e. The van der Waals surface area contributed by atoms with Crippen LogP contribution in [0.25, 0.3) is 10.8 Å². The van der Waals surface area contributed by atoms with E-state index in [4.69, 9.17) is 9.15 Å². The van der Waals surface area contributed by atoms with Crippen molar-refractivity contribution < 1.29 is 18.7 Å². The maximum Gasteiger partial charge on any atom is 0.258 e. The fourth-order valence-corrected chi connectivity index (χ4v) is 7.07. The number of aromatic nitrogens is 1. The van der Waals surface area contributed by atoms with Gasteiger partial charge in [0.05, 0.1) is 17.6 Å². The quantitative estimate of drug-likeness (QED) is 0.134. The molecule has 0 saturated carbocycles. The highest BCUT2D eigenvalue weighted by Crippen LogP contribution is 2.40. The lowest BCUT2D eigenvalue weighted by Gasteiger charge is -2.31. The van der Waals surface area contributed by atoms with Gasteiger partial charge in [-0.15, -0.1) is 12.4 Å². The highest BCUT2D eigenvalue weighted by molar-refractivity contribution is 7.08. The van der Waals surface area contributed by atoms with Crippen molar-refractivity contribution in [2.24, 2.45) is 5.41 Å². The summed E-state index contributed by atoms with van der Waals surface area (Å²) in [5, 5.41) is 5.86. The number of carbonyl (C=O) groups is 2. The molecule has 5 aromatic rings. The van der Waals surface area contributed by atoms with Gasteiger partial charge in [0, 0.05) is 63.3 Å². The number of fused-ring (bicyclic) bond motifs is 2. The van der Waals surface area contributed by atoms with Gasteiger partial charge in [-0.2, -0.15) is 11.3 Å². The SMILES string of the molecule is CCN1C(=O)C(C)(C)C(=O)N(C)c2cc(OCCN(CCn3ccc4ccccc4c3=O)C(Cc3ccco3)c3ccsc3)ccc21.Cl. The molecule has 1 aliphatic heterocycles. The van der Waals surface area contributed by atoms with Gasteiger partial charge in [0.2, 0.25) is 11.8 Å². The molecular formula is C37H41ClN4O5S. The van der Waals surface area contributed by atoms with Crippen molar-refractivity contribution in [1.82, 2.24) is 9.47 Å². The first-order chi connectivity index (χ1) is 22.7. The summed E-state index contributed by atoms with van der Waals surface area (Å²) in [6, 6.07) is 21.2. The summed E-state index contributed by atoms with van der Waals surface area (Å²) >= 11 is 1.65. The molecule has 0 N–H and O–H groups in total. The molecule has 0 fully saturated rings. The summed E-state index contributed by atoms with van der Waals surface area (Å²) < 4.78 is 13.9. The molecule has 48 heavy (non-hydrogen) atoms. The minimum atomic E-state index is -1.18. The normalized spacial score (nSPS) is 14.9. The lowest BCUT2D eigenvalue weighted by Crippen LogP contribution is -2.47. The topological polar surface area (TPSA) is 88.2 Å². The zero-order valence-corrected chi connectivity index (χ0v) is 29.3.